The van der Waals surface area contributed by atoms with Crippen molar-refractivity contribution in [3.63, 3.8) is 0 Å². The van der Waals surface area contributed by atoms with Crippen molar-refractivity contribution in [2.45, 2.75) is 25.5 Å². The van der Waals surface area contributed by atoms with E-state index in [1.54, 1.807) is 19.2 Å². The van der Waals surface area contributed by atoms with Gasteiger partial charge in [-0.3, -0.25) is 15.0 Å². The number of nitro groups is 1. The third-order valence-corrected chi connectivity index (χ3v) is 4.76. The topological polar surface area (TPSA) is 75.8 Å². The average Bonchev–Trinajstić information content (AvgIpc) is 3.01. The number of benzene rings is 1. The number of hydrogen-bond donors (Lipinski definition) is 1. The molecule has 3 atom stereocenters. The summed E-state index contributed by atoms with van der Waals surface area (Å²) in [7, 11) is 1.58. The smallest absolute Gasteiger partial charge is 0.270 e. The Morgan fingerprint density at radius 3 is 2.90 bits per heavy atom. The van der Waals surface area contributed by atoms with Gasteiger partial charge in [0.2, 0.25) is 0 Å². The molecule has 3 unspecified atom stereocenters. The highest BCUT2D eigenvalue weighted by Crippen LogP contribution is 2.39. The van der Waals surface area contributed by atoms with E-state index in [1.807, 2.05) is 0 Å². The number of likely N-dealkylation sites (tertiary alicyclic amines) is 1. The van der Waals surface area contributed by atoms with E-state index in [2.05, 4.69) is 4.90 Å². The van der Waals surface area contributed by atoms with Crippen molar-refractivity contribution >= 4 is 5.69 Å². The number of rotatable bonds is 4. The van der Waals surface area contributed by atoms with Crippen LogP contribution >= 0.6 is 0 Å². The molecule has 6 heteroatoms. The van der Waals surface area contributed by atoms with Gasteiger partial charge >= 0.3 is 0 Å². The molecule has 1 aliphatic carbocycles. The molecule has 2 fully saturated rings. The van der Waals surface area contributed by atoms with Crippen molar-refractivity contribution in [2.24, 2.45) is 11.8 Å². The third kappa shape index (κ3) is 2.73. The van der Waals surface area contributed by atoms with E-state index < -0.39 is 0 Å². The van der Waals surface area contributed by atoms with Crippen LogP contribution in [0.15, 0.2) is 18.2 Å². The van der Waals surface area contributed by atoms with Gasteiger partial charge in [0.05, 0.1) is 18.1 Å². The molecule has 1 aromatic carbocycles. The van der Waals surface area contributed by atoms with Crippen LogP contribution < -0.4 is 4.74 Å². The Hall–Kier alpha value is -1.66. The van der Waals surface area contributed by atoms with Crippen LogP contribution in [0.25, 0.3) is 0 Å². The quantitative estimate of drug-likeness (QED) is 0.676. The summed E-state index contributed by atoms with van der Waals surface area (Å²) >= 11 is 0. The minimum absolute atomic E-state index is 0.0882. The summed E-state index contributed by atoms with van der Waals surface area (Å²) in [5.74, 6) is 1.59. The molecule has 114 valence electrons. The molecule has 6 nitrogen and oxygen atoms in total. The highest BCUT2D eigenvalue weighted by atomic mass is 16.6. The molecule has 1 aromatic rings. The number of non-ortho nitro benzene ring substituents is 1. The minimum Gasteiger partial charge on any atom is -0.496 e. The molecular weight excluding hydrogens is 272 g/mol. The zero-order chi connectivity index (χ0) is 15.0. The van der Waals surface area contributed by atoms with Gasteiger partial charge in [0.15, 0.2) is 0 Å². The molecule has 0 spiro atoms. The summed E-state index contributed by atoms with van der Waals surface area (Å²) < 4.78 is 5.31. The lowest BCUT2D eigenvalue weighted by atomic mass is 10.00. The number of ether oxygens (including phenoxy) is 1. The van der Waals surface area contributed by atoms with Crippen molar-refractivity contribution < 1.29 is 14.8 Å². The lowest BCUT2D eigenvalue weighted by Gasteiger charge is -2.19. The average molecular weight is 292 g/mol. The van der Waals surface area contributed by atoms with E-state index in [-0.39, 0.29) is 16.7 Å². The fraction of sp³-hybridized carbons (Fsp3) is 0.600. The van der Waals surface area contributed by atoms with Crippen LogP contribution in [0.2, 0.25) is 0 Å². The fourth-order valence-electron chi connectivity index (χ4n) is 3.70. The predicted molar refractivity (Wildman–Crippen MR) is 77.1 cm³/mol. The monoisotopic (exact) mass is 292 g/mol. The third-order valence-electron chi connectivity index (χ3n) is 4.76. The molecule has 3 rings (SSSR count). The Kier molecular flexibility index (Phi) is 3.82. The number of aliphatic hydroxyl groups excluding tert-OH is 1. The summed E-state index contributed by atoms with van der Waals surface area (Å²) in [5.41, 5.74) is 0.923. The first kappa shape index (κ1) is 14.3. The first-order chi connectivity index (χ1) is 10.1. The Morgan fingerprint density at radius 2 is 2.24 bits per heavy atom. The molecule has 1 saturated carbocycles. The lowest BCUT2D eigenvalue weighted by molar-refractivity contribution is -0.384. The number of nitro benzene ring substituents is 1. The van der Waals surface area contributed by atoms with Gasteiger partial charge in [0, 0.05) is 43.2 Å². The normalized spacial score (nSPS) is 28.6. The maximum Gasteiger partial charge on any atom is 0.270 e. The van der Waals surface area contributed by atoms with Gasteiger partial charge in [-0.1, -0.05) is 0 Å². The zero-order valence-electron chi connectivity index (χ0n) is 12.1. The SMILES string of the molecule is COc1ccc([N+](=O)[O-])cc1CN1CC2CCC(O)C2C1. The zero-order valence-corrected chi connectivity index (χ0v) is 12.1. The highest BCUT2D eigenvalue weighted by Gasteiger charge is 2.41. The molecule has 0 aromatic heterocycles. The molecule has 0 amide bonds. The predicted octanol–water partition coefficient (Wildman–Crippen LogP) is 1.81. The van der Waals surface area contributed by atoms with Crippen LogP contribution in [0.1, 0.15) is 18.4 Å². The Balaban J connectivity index is 1.75. The van der Waals surface area contributed by atoms with Crippen molar-refractivity contribution in [2.75, 3.05) is 20.2 Å². The molecule has 1 heterocycles. The molecule has 0 radical (unpaired) electrons. The van der Waals surface area contributed by atoms with Crippen LogP contribution in [-0.4, -0.2) is 41.2 Å². The highest BCUT2D eigenvalue weighted by molar-refractivity contribution is 5.43. The van der Waals surface area contributed by atoms with Gasteiger partial charge < -0.3 is 9.84 Å². The summed E-state index contributed by atoms with van der Waals surface area (Å²) in [6, 6.07) is 4.70. The minimum atomic E-state index is -0.384. The Bertz CT molecular complexity index is 548. The van der Waals surface area contributed by atoms with E-state index in [0.29, 0.717) is 24.1 Å². The Labute approximate surface area is 123 Å². The lowest BCUT2D eigenvalue weighted by Crippen LogP contribution is -2.24. The van der Waals surface area contributed by atoms with Gasteiger partial charge in [0.1, 0.15) is 5.75 Å². The van der Waals surface area contributed by atoms with Gasteiger partial charge in [-0.25, -0.2) is 0 Å². The van der Waals surface area contributed by atoms with Crippen molar-refractivity contribution in [1.29, 1.82) is 0 Å². The van der Waals surface area contributed by atoms with Gasteiger partial charge in [0.25, 0.3) is 5.69 Å². The van der Waals surface area contributed by atoms with Crippen LogP contribution in [0, 0.1) is 22.0 Å². The van der Waals surface area contributed by atoms with Crippen molar-refractivity contribution in [1.82, 2.24) is 4.90 Å². The van der Waals surface area contributed by atoms with Crippen LogP contribution in [0.5, 0.6) is 5.75 Å². The molecule has 0 bridgehead atoms. The maximum atomic E-state index is 10.9. The standard InChI is InChI=1S/C15H20N2O4/c1-21-15-5-3-12(17(19)20)6-11(15)8-16-7-10-2-4-14(18)13(10)9-16/h3,5-6,10,13-14,18H,2,4,7-9H2,1H3. The summed E-state index contributed by atoms with van der Waals surface area (Å²) in [6.45, 7) is 2.44. The largest absolute Gasteiger partial charge is 0.496 e. The number of aliphatic hydroxyl groups is 1. The van der Waals surface area contributed by atoms with E-state index in [4.69, 9.17) is 4.74 Å². The van der Waals surface area contributed by atoms with Gasteiger partial charge in [-0.15, -0.1) is 0 Å². The van der Waals surface area contributed by atoms with Gasteiger partial charge in [-0.2, -0.15) is 0 Å². The van der Waals surface area contributed by atoms with E-state index in [1.165, 1.54) is 6.07 Å². The van der Waals surface area contributed by atoms with E-state index in [9.17, 15) is 15.2 Å². The van der Waals surface area contributed by atoms with Crippen molar-refractivity contribution in [3.8, 4) is 5.75 Å². The molecule has 2 aliphatic rings. The van der Waals surface area contributed by atoms with E-state index in [0.717, 1.165) is 31.5 Å². The van der Waals surface area contributed by atoms with Crippen LogP contribution in [0.3, 0.4) is 0 Å². The summed E-state index contributed by atoms with van der Waals surface area (Å²) in [5, 5.41) is 20.9. The van der Waals surface area contributed by atoms with Crippen LogP contribution in [0.4, 0.5) is 5.69 Å². The summed E-state index contributed by atoms with van der Waals surface area (Å²) in [6.07, 6.45) is 1.80. The molecule has 21 heavy (non-hydrogen) atoms. The Morgan fingerprint density at radius 1 is 1.43 bits per heavy atom. The molecular formula is C15H20N2O4. The first-order valence-corrected chi connectivity index (χ1v) is 7.30. The maximum absolute atomic E-state index is 10.9. The number of fused-ring (bicyclic) bond motifs is 1. The molecule has 1 aliphatic heterocycles. The number of methoxy groups -OCH3 is 1. The second-order valence-corrected chi connectivity index (χ2v) is 6.02. The number of nitrogens with zero attached hydrogens (tertiary/aromatic N) is 2. The second kappa shape index (κ2) is 5.61. The number of hydrogen-bond acceptors (Lipinski definition) is 5. The molecule has 1 saturated heterocycles. The van der Waals surface area contributed by atoms with Crippen LogP contribution in [-0.2, 0) is 6.54 Å². The second-order valence-electron chi connectivity index (χ2n) is 6.02. The summed E-state index contributed by atoms with van der Waals surface area (Å²) in [4.78, 5) is 12.8. The first-order valence-electron chi connectivity index (χ1n) is 7.30. The van der Waals surface area contributed by atoms with Gasteiger partial charge in [-0.05, 0) is 24.8 Å². The van der Waals surface area contributed by atoms with E-state index >= 15 is 0 Å². The van der Waals surface area contributed by atoms with Crippen molar-refractivity contribution in [3.05, 3.63) is 33.9 Å². The molecule has 1 N–H and O–H groups in total. The fourth-order valence-corrected chi connectivity index (χ4v) is 3.70.